The van der Waals surface area contributed by atoms with Crippen LogP contribution in [-0.4, -0.2) is 46.9 Å². The van der Waals surface area contributed by atoms with Gasteiger partial charge in [-0.05, 0) is 23.3 Å². The summed E-state index contributed by atoms with van der Waals surface area (Å²) in [6, 6.07) is 29.2. The summed E-state index contributed by atoms with van der Waals surface area (Å²) in [6.07, 6.45) is 0.956. The molecule has 0 aliphatic carbocycles. The van der Waals surface area contributed by atoms with Crippen LogP contribution in [-0.2, 0) is 11.2 Å². The standard InChI is InChI=1S/C27H27N3O2/c31-26(16-15-25-28-23-13-7-8-14-24(23)32-25)29-17-19-30(20-18-29)27(21-9-3-1-4-10-21)22-11-5-2-6-12-22/h1-14,27H,15-20H2. The van der Waals surface area contributed by atoms with Crippen molar-refractivity contribution < 1.29 is 9.21 Å². The van der Waals surface area contributed by atoms with Gasteiger partial charge in [0.25, 0.3) is 0 Å². The topological polar surface area (TPSA) is 49.6 Å². The summed E-state index contributed by atoms with van der Waals surface area (Å²) in [7, 11) is 0. The minimum Gasteiger partial charge on any atom is -0.441 e. The predicted molar refractivity (Wildman–Crippen MR) is 125 cm³/mol. The van der Waals surface area contributed by atoms with Crippen LogP contribution < -0.4 is 0 Å². The van der Waals surface area contributed by atoms with Crippen LogP contribution in [0, 0.1) is 0 Å². The molecule has 162 valence electrons. The predicted octanol–water partition coefficient (Wildman–Crippen LogP) is 4.69. The Labute approximate surface area is 188 Å². The van der Waals surface area contributed by atoms with E-state index >= 15 is 0 Å². The van der Waals surface area contributed by atoms with Crippen LogP contribution in [0.2, 0.25) is 0 Å². The molecule has 1 aliphatic rings. The van der Waals surface area contributed by atoms with E-state index < -0.39 is 0 Å². The van der Waals surface area contributed by atoms with Gasteiger partial charge in [-0.1, -0.05) is 72.8 Å². The first-order chi connectivity index (χ1) is 15.8. The average molecular weight is 426 g/mol. The number of nitrogens with zero attached hydrogens (tertiary/aromatic N) is 3. The number of carbonyl (C=O) groups excluding carboxylic acids is 1. The first-order valence-electron chi connectivity index (χ1n) is 11.2. The van der Waals surface area contributed by atoms with Crippen molar-refractivity contribution in [1.29, 1.82) is 0 Å². The van der Waals surface area contributed by atoms with Crippen LogP contribution in [0.15, 0.2) is 89.3 Å². The lowest BCUT2D eigenvalue weighted by molar-refractivity contribution is -0.133. The molecule has 1 aromatic heterocycles. The molecule has 1 fully saturated rings. The maximum absolute atomic E-state index is 12.8. The number of oxazole rings is 1. The van der Waals surface area contributed by atoms with E-state index in [-0.39, 0.29) is 11.9 Å². The highest BCUT2D eigenvalue weighted by Crippen LogP contribution is 2.29. The van der Waals surface area contributed by atoms with Crippen molar-refractivity contribution in [2.24, 2.45) is 0 Å². The quantitative estimate of drug-likeness (QED) is 0.450. The molecule has 1 amide bonds. The molecule has 1 saturated heterocycles. The molecule has 1 aliphatic heterocycles. The number of benzene rings is 3. The van der Waals surface area contributed by atoms with E-state index in [4.69, 9.17) is 4.42 Å². The monoisotopic (exact) mass is 425 g/mol. The number of para-hydroxylation sites is 2. The Kier molecular flexibility index (Phi) is 5.99. The van der Waals surface area contributed by atoms with E-state index in [1.54, 1.807) is 0 Å². The number of aryl methyl sites for hydroxylation is 1. The zero-order valence-corrected chi connectivity index (χ0v) is 18.1. The highest BCUT2D eigenvalue weighted by atomic mass is 16.3. The SMILES string of the molecule is O=C(CCc1nc2ccccc2o1)N1CCN(C(c2ccccc2)c2ccccc2)CC1. The van der Waals surface area contributed by atoms with E-state index in [1.165, 1.54) is 11.1 Å². The maximum Gasteiger partial charge on any atom is 0.223 e. The van der Waals surface area contributed by atoms with E-state index in [0.717, 1.165) is 37.3 Å². The summed E-state index contributed by atoms with van der Waals surface area (Å²) >= 11 is 0. The minimum atomic E-state index is 0.169. The van der Waals surface area contributed by atoms with Gasteiger partial charge in [0.1, 0.15) is 5.52 Å². The molecule has 3 aromatic carbocycles. The van der Waals surface area contributed by atoms with Crippen molar-refractivity contribution in [3.63, 3.8) is 0 Å². The summed E-state index contributed by atoms with van der Waals surface area (Å²) in [5.74, 6) is 0.800. The van der Waals surface area contributed by atoms with Crippen molar-refractivity contribution in [2.45, 2.75) is 18.9 Å². The molecule has 5 nitrogen and oxygen atoms in total. The third kappa shape index (κ3) is 4.43. The molecule has 5 rings (SSSR count). The molecule has 0 spiro atoms. The lowest BCUT2D eigenvalue weighted by Crippen LogP contribution is -2.49. The Morgan fingerprint density at radius 2 is 1.41 bits per heavy atom. The Hall–Kier alpha value is -3.44. The highest BCUT2D eigenvalue weighted by molar-refractivity contribution is 5.77. The zero-order chi connectivity index (χ0) is 21.8. The van der Waals surface area contributed by atoms with E-state index in [1.807, 2.05) is 29.2 Å². The Morgan fingerprint density at radius 3 is 2.03 bits per heavy atom. The number of piperazine rings is 1. The third-order valence-electron chi connectivity index (χ3n) is 6.15. The smallest absolute Gasteiger partial charge is 0.223 e. The Bertz CT molecular complexity index is 1090. The fraction of sp³-hybridized carbons (Fsp3) is 0.259. The third-order valence-corrected chi connectivity index (χ3v) is 6.15. The van der Waals surface area contributed by atoms with Gasteiger partial charge in [-0.25, -0.2) is 4.98 Å². The van der Waals surface area contributed by atoms with Gasteiger partial charge >= 0.3 is 0 Å². The van der Waals surface area contributed by atoms with Gasteiger partial charge in [0, 0.05) is 39.0 Å². The number of amides is 1. The molecule has 0 bridgehead atoms. The van der Waals surface area contributed by atoms with Gasteiger partial charge in [0.15, 0.2) is 11.5 Å². The summed E-state index contributed by atoms with van der Waals surface area (Å²) in [5.41, 5.74) is 4.19. The first-order valence-corrected chi connectivity index (χ1v) is 11.2. The first kappa shape index (κ1) is 20.5. The van der Waals surface area contributed by atoms with Crippen LogP contribution in [0.25, 0.3) is 11.1 Å². The van der Waals surface area contributed by atoms with E-state index in [0.29, 0.717) is 18.7 Å². The average Bonchev–Trinajstić information content (AvgIpc) is 3.28. The van der Waals surface area contributed by atoms with Crippen molar-refractivity contribution in [2.75, 3.05) is 26.2 Å². The van der Waals surface area contributed by atoms with Crippen molar-refractivity contribution in [1.82, 2.24) is 14.8 Å². The van der Waals surface area contributed by atoms with E-state index in [9.17, 15) is 4.79 Å². The second-order valence-electron chi connectivity index (χ2n) is 8.22. The van der Waals surface area contributed by atoms with Gasteiger partial charge in [-0.3, -0.25) is 9.69 Å². The zero-order valence-electron chi connectivity index (χ0n) is 18.1. The summed E-state index contributed by atoms with van der Waals surface area (Å²) in [4.78, 5) is 21.8. The van der Waals surface area contributed by atoms with Gasteiger partial charge in [0.2, 0.25) is 5.91 Å². The summed E-state index contributed by atoms with van der Waals surface area (Å²) < 4.78 is 5.76. The molecule has 2 heterocycles. The minimum absolute atomic E-state index is 0.169. The molecular formula is C27H27N3O2. The number of hydrogen-bond donors (Lipinski definition) is 0. The van der Waals surface area contributed by atoms with Crippen LogP contribution >= 0.6 is 0 Å². The van der Waals surface area contributed by atoms with Crippen LogP contribution in [0.1, 0.15) is 29.5 Å². The van der Waals surface area contributed by atoms with Crippen LogP contribution in [0.3, 0.4) is 0 Å². The number of aromatic nitrogens is 1. The number of carbonyl (C=O) groups is 1. The molecule has 0 atom stereocenters. The van der Waals surface area contributed by atoms with Gasteiger partial charge < -0.3 is 9.32 Å². The molecule has 32 heavy (non-hydrogen) atoms. The largest absolute Gasteiger partial charge is 0.441 e. The number of hydrogen-bond acceptors (Lipinski definition) is 4. The maximum atomic E-state index is 12.8. The van der Waals surface area contributed by atoms with Gasteiger partial charge in [0.05, 0.1) is 6.04 Å². The van der Waals surface area contributed by atoms with Crippen LogP contribution in [0.4, 0.5) is 0 Å². The second kappa shape index (κ2) is 9.37. The summed E-state index contributed by atoms with van der Waals surface area (Å²) in [6.45, 7) is 3.18. The molecule has 0 N–H and O–H groups in total. The van der Waals surface area contributed by atoms with Gasteiger partial charge in [-0.2, -0.15) is 0 Å². The number of fused-ring (bicyclic) bond motifs is 1. The molecule has 0 unspecified atom stereocenters. The number of rotatable bonds is 6. The molecular weight excluding hydrogens is 398 g/mol. The molecule has 0 saturated carbocycles. The summed E-state index contributed by atoms with van der Waals surface area (Å²) in [5, 5.41) is 0. The lowest BCUT2D eigenvalue weighted by atomic mass is 9.96. The Morgan fingerprint density at radius 1 is 0.812 bits per heavy atom. The second-order valence-corrected chi connectivity index (χ2v) is 8.22. The van der Waals surface area contributed by atoms with Gasteiger partial charge in [-0.15, -0.1) is 0 Å². The van der Waals surface area contributed by atoms with Crippen LogP contribution in [0.5, 0.6) is 0 Å². The normalized spacial score (nSPS) is 14.8. The van der Waals surface area contributed by atoms with Crippen molar-refractivity contribution >= 4 is 17.0 Å². The van der Waals surface area contributed by atoms with Crippen molar-refractivity contribution in [3.8, 4) is 0 Å². The highest BCUT2D eigenvalue weighted by Gasteiger charge is 2.28. The molecule has 0 radical (unpaired) electrons. The fourth-order valence-electron chi connectivity index (χ4n) is 4.51. The Balaban J connectivity index is 1.22. The molecule has 5 heteroatoms. The molecule has 4 aromatic rings. The fourth-order valence-corrected chi connectivity index (χ4v) is 4.51. The lowest BCUT2D eigenvalue weighted by Gasteiger charge is -2.39. The van der Waals surface area contributed by atoms with Crippen molar-refractivity contribution in [3.05, 3.63) is 102 Å². The van der Waals surface area contributed by atoms with E-state index in [2.05, 4.69) is 70.5 Å².